The Bertz CT molecular complexity index is 934. The van der Waals surface area contributed by atoms with Gasteiger partial charge in [-0.05, 0) is 43.0 Å². The Hall–Kier alpha value is -2.69. The van der Waals surface area contributed by atoms with Crippen molar-refractivity contribution < 1.29 is 9.18 Å². The first-order valence-electron chi connectivity index (χ1n) is 8.65. The first-order chi connectivity index (χ1) is 12.2. The van der Waals surface area contributed by atoms with Crippen LogP contribution in [-0.4, -0.2) is 15.5 Å². The molecule has 0 spiro atoms. The molecule has 2 aromatic carbocycles. The fourth-order valence-electron chi connectivity index (χ4n) is 3.51. The van der Waals surface area contributed by atoms with Crippen molar-refractivity contribution >= 4 is 16.9 Å². The minimum absolute atomic E-state index is 0.00816. The first-order valence-corrected chi connectivity index (χ1v) is 8.65. The number of benzene rings is 2. The summed E-state index contributed by atoms with van der Waals surface area (Å²) in [6, 6.07) is 14.7. The van der Waals surface area contributed by atoms with E-state index in [0.29, 0.717) is 18.5 Å². The Kier molecular flexibility index (Phi) is 3.99. The van der Waals surface area contributed by atoms with E-state index in [-0.39, 0.29) is 23.6 Å². The molecule has 1 N–H and O–H groups in total. The van der Waals surface area contributed by atoms with E-state index in [2.05, 4.69) is 21.8 Å². The van der Waals surface area contributed by atoms with Crippen LogP contribution in [0.3, 0.4) is 0 Å². The Morgan fingerprint density at radius 2 is 2.00 bits per heavy atom. The second kappa shape index (κ2) is 6.31. The molecule has 3 aromatic rings. The minimum atomic E-state index is -0.226. The van der Waals surface area contributed by atoms with Gasteiger partial charge in [0.15, 0.2) is 0 Å². The van der Waals surface area contributed by atoms with Gasteiger partial charge < -0.3 is 9.88 Å². The van der Waals surface area contributed by atoms with Crippen molar-refractivity contribution in [3.8, 4) is 0 Å². The summed E-state index contributed by atoms with van der Waals surface area (Å²) in [6.07, 6.45) is 0.705. The van der Waals surface area contributed by atoms with Gasteiger partial charge in [-0.2, -0.15) is 0 Å². The number of nitrogens with zero attached hydrogens (tertiary/aromatic N) is 2. The summed E-state index contributed by atoms with van der Waals surface area (Å²) >= 11 is 0. The lowest BCUT2D eigenvalue weighted by atomic mass is 10.1. The Balaban J connectivity index is 1.44. The molecule has 1 aromatic heterocycles. The predicted molar refractivity (Wildman–Crippen MR) is 94.5 cm³/mol. The van der Waals surface area contributed by atoms with Crippen LogP contribution in [0.2, 0.25) is 0 Å². The van der Waals surface area contributed by atoms with Crippen molar-refractivity contribution in [3.63, 3.8) is 0 Å². The molecule has 4 rings (SSSR count). The van der Waals surface area contributed by atoms with Gasteiger partial charge in [-0.15, -0.1) is 0 Å². The molecule has 5 heteroatoms. The molecule has 25 heavy (non-hydrogen) atoms. The van der Waals surface area contributed by atoms with E-state index >= 15 is 0 Å². The second-order valence-corrected chi connectivity index (χ2v) is 6.45. The highest BCUT2D eigenvalue weighted by atomic mass is 19.1. The number of fused-ring (bicyclic) bond motifs is 1. The van der Waals surface area contributed by atoms with Crippen LogP contribution in [-0.2, 0) is 17.9 Å². The average molecular weight is 337 g/mol. The van der Waals surface area contributed by atoms with Crippen LogP contribution in [0.25, 0.3) is 11.0 Å². The number of hydrogen-bond acceptors (Lipinski definition) is 2. The number of hydrogen-bond donors (Lipinski definition) is 1. The van der Waals surface area contributed by atoms with Gasteiger partial charge in [0.05, 0.1) is 17.6 Å². The fraction of sp³-hybridized carbons (Fsp3) is 0.300. The van der Waals surface area contributed by atoms with Crippen LogP contribution in [0.4, 0.5) is 4.39 Å². The third-order valence-electron chi connectivity index (χ3n) is 4.90. The van der Waals surface area contributed by atoms with Gasteiger partial charge in [0.2, 0.25) is 5.91 Å². The summed E-state index contributed by atoms with van der Waals surface area (Å²) in [7, 11) is 0. The quantitative estimate of drug-likeness (QED) is 0.773. The SMILES string of the molecule is CCn1c(CNC(=O)[C@H]2C[C@H]2c2ccccc2F)nc2ccccc21. The monoisotopic (exact) mass is 337 g/mol. The van der Waals surface area contributed by atoms with Crippen molar-refractivity contribution in [3.05, 3.63) is 65.7 Å². The highest BCUT2D eigenvalue weighted by Gasteiger charge is 2.45. The molecule has 2 atom stereocenters. The lowest BCUT2D eigenvalue weighted by molar-refractivity contribution is -0.122. The lowest BCUT2D eigenvalue weighted by Crippen LogP contribution is -2.26. The molecule has 1 amide bonds. The summed E-state index contributed by atoms with van der Waals surface area (Å²) in [5.41, 5.74) is 2.65. The topological polar surface area (TPSA) is 46.9 Å². The molecule has 0 saturated heterocycles. The first kappa shape index (κ1) is 15.8. The third kappa shape index (κ3) is 2.90. The smallest absolute Gasteiger partial charge is 0.224 e. The van der Waals surface area contributed by atoms with Crippen molar-refractivity contribution in [2.75, 3.05) is 0 Å². The van der Waals surface area contributed by atoms with E-state index in [0.717, 1.165) is 23.4 Å². The average Bonchev–Trinajstić information content (AvgIpc) is 3.34. The van der Waals surface area contributed by atoms with E-state index in [1.807, 2.05) is 30.3 Å². The number of aromatic nitrogens is 2. The van der Waals surface area contributed by atoms with E-state index < -0.39 is 0 Å². The maximum absolute atomic E-state index is 13.8. The summed E-state index contributed by atoms with van der Waals surface area (Å²) in [4.78, 5) is 17.0. The number of carbonyl (C=O) groups excluding carboxylic acids is 1. The van der Waals surface area contributed by atoms with Crippen molar-refractivity contribution in [1.29, 1.82) is 0 Å². The molecule has 0 unspecified atom stereocenters. The molecule has 1 aliphatic carbocycles. The molecule has 1 fully saturated rings. The second-order valence-electron chi connectivity index (χ2n) is 6.45. The molecule has 4 nitrogen and oxygen atoms in total. The van der Waals surface area contributed by atoms with Crippen LogP contribution in [0.5, 0.6) is 0 Å². The van der Waals surface area contributed by atoms with E-state index in [1.54, 1.807) is 12.1 Å². The van der Waals surface area contributed by atoms with Crippen LogP contribution < -0.4 is 5.32 Å². The Morgan fingerprint density at radius 3 is 2.80 bits per heavy atom. The molecule has 1 heterocycles. The van der Waals surface area contributed by atoms with Gasteiger partial charge in [0.25, 0.3) is 0 Å². The molecule has 1 aliphatic rings. The maximum Gasteiger partial charge on any atom is 0.224 e. The maximum atomic E-state index is 13.8. The molecular weight excluding hydrogens is 317 g/mol. The van der Waals surface area contributed by atoms with E-state index in [1.165, 1.54) is 6.07 Å². The Labute approximate surface area is 145 Å². The number of halogens is 1. The molecule has 128 valence electrons. The minimum Gasteiger partial charge on any atom is -0.349 e. The van der Waals surface area contributed by atoms with Gasteiger partial charge in [-0.3, -0.25) is 4.79 Å². The summed E-state index contributed by atoms with van der Waals surface area (Å²) in [5, 5.41) is 2.97. The number of imidazole rings is 1. The largest absolute Gasteiger partial charge is 0.349 e. The summed E-state index contributed by atoms with van der Waals surface area (Å²) < 4.78 is 15.9. The standard InChI is InChI=1S/C20H20FN3O/c1-2-24-18-10-6-5-9-17(18)23-19(24)12-22-20(25)15-11-14(15)13-7-3-4-8-16(13)21/h3-10,14-15H,2,11-12H2,1H3,(H,22,25)/t14-,15-/m0/s1. The van der Waals surface area contributed by atoms with Gasteiger partial charge in [-0.1, -0.05) is 30.3 Å². The van der Waals surface area contributed by atoms with Crippen LogP contribution in [0.15, 0.2) is 48.5 Å². The molecule has 0 bridgehead atoms. The number of para-hydroxylation sites is 2. The molecular formula is C20H20FN3O. The summed E-state index contributed by atoms with van der Waals surface area (Å²) in [6.45, 7) is 3.25. The zero-order chi connectivity index (χ0) is 17.4. The van der Waals surface area contributed by atoms with E-state index in [9.17, 15) is 9.18 Å². The zero-order valence-corrected chi connectivity index (χ0v) is 14.1. The van der Waals surface area contributed by atoms with Crippen LogP contribution in [0, 0.1) is 11.7 Å². The number of aryl methyl sites for hydroxylation is 1. The zero-order valence-electron chi connectivity index (χ0n) is 14.1. The van der Waals surface area contributed by atoms with Crippen LogP contribution >= 0.6 is 0 Å². The molecule has 1 saturated carbocycles. The van der Waals surface area contributed by atoms with Gasteiger partial charge in [0.1, 0.15) is 11.6 Å². The van der Waals surface area contributed by atoms with Crippen molar-refractivity contribution in [2.24, 2.45) is 5.92 Å². The summed E-state index contributed by atoms with van der Waals surface area (Å²) in [5.74, 6) is 0.446. The third-order valence-corrected chi connectivity index (χ3v) is 4.90. The number of carbonyl (C=O) groups is 1. The van der Waals surface area contributed by atoms with E-state index in [4.69, 9.17) is 0 Å². The van der Waals surface area contributed by atoms with Crippen molar-refractivity contribution in [1.82, 2.24) is 14.9 Å². The number of amides is 1. The highest BCUT2D eigenvalue weighted by Crippen LogP contribution is 2.48. The lowest BCUT2D eigenvalue weighted by Gasteiger charge is -2.08. The molecule has 0 aliphatic heterocycles. The predicted octanol–water partition coefficient (Wildman–Crippen LogP) is 3.62. The normalized spacial score (nSPS) is 19.1. The number of nitrogens with one attached hydrogen (secondary N) is 1. The van der Waals surface area contributed by atoms with Gasteiger partial charge in [0, 0.05) is 12.5 Å². The Morgan fingerprint density at radius 1 is 1.24 bits per heavy atom. The number of rotatable bonds is 5. The van der Waals surface area contributed by atoms with Gasteiger partial charge >= 0.3 is 0 Å². The molecule has 0 radical (unpaired) electrons. The van der Waals surface area contributed by atoms with Crippen LogP contribution in [0.1, 0.15) is 30.7 Å². The highest BCUT2D eigenvalue weighted by molar-refractivity contribution is 5.83. The fourth-order valence-corrected chi connectivity index (χ4v) is 3.51. The van der Waals surface area contributed by atoms with Gasteiger partial charge in [-0.25, -0.2) is 9.37 Å². The van der Waals surface area contributed by atoms with Crippen molar-refractivity contribution in [2.45, 2.75) is 32.4 Å².